The van der Waals surface area contributed by atoms with Crippen LogP contribution in [0.5, 0.6) is 0 Å². The Bertz CT molecular complexity index is 261. The van der Waals surface area contributed by atoms with E-state index >= 15 is 0 Å². The molecule has 0 atom stereocenters. The second-order valence-corrected chi connectivity index (χ2v) is 16.2. The maximum Gasteiger partial charge on any atom is 0.408 e. The summed E-state index contributed by atoms with van der Waals surface area (Å²) in [5.41, 5.74) is 0. The molecule has 1 aliphatic heterocycles. The minimum Gasteiger partial charge on any atom is -0.391 e. The highest BCUT2D eigenvalue weighted by atomic mass is 28.5. The fraction of sp³-hybridized carbons (Fsp3) is 1.00. The Labute approximate surface area is 114 Å². The van der Waals surface area contributed by atoms with Crippen LogP contribution in [0.25, 0.3) is 0 Å². The van der Waals surface area contributed by atoms with Gasteiger partial charge in [-0.15, -0.1) is 0 Å². The van der Waals surface area contributed by atoms with E-state index in [0.29, 0.717) is 0 Å². The number of rotatable bonds is 3. The van der Waals surface area contributed by atoms with Gasteiger partial charge in [0, 0.05) is 0 Å². The molecular weight excluding hydrogens is 282 g/mol. The van der Waals surface area contributed by atoms with Gasteiger partial charge in [-0.3, -0.25) is 13.7 Å². The Kier molecular flexibility index (Phi) is 4.64. The van der Waals surface area contributed by atoms with Gasteiger partial charge in [-0.1, -0.05) is 0 Å². The topological polar surface area (TPSA) is 37.4 Å². The van der Waals surface area contributed by atoms with E-state index in [4.69, 9.17) is 12.3 Å². The van der Waals surface area contributed by atoms with Gasteiger partial charge < -0.3 is 12.3 Å². The average Bonchev–Trinajstić information content (AvgIpc) is 2.14. The smallest absolute Gasteiger partial charge is 0.391 e. The molecule has 6 nitrogen and oxygen atoms in total. The fourth-order valence-corrected chi connectivity index (χ4v) is 16.1. The van der Waals surface area contributed by atoms with Crippen LogP contribution in [0.4, 0.5) is 0 Å². The predicted octanol–water partition coefficient (Wildman–Crippen LogP) is 0.441. The van der Waals surface area contributed by atoms with E-state index in [0.717, 1.165) is 0 Å². The SMILES string of the molecule is CN(C)[Si]1(C)O[Si](C)(N(C)C)O[Si](C)(N(C)C)O1. The molecule has 1 aliphatic rings. The first-order chi connectivity index (χ1) is 7.95. The van der Waals surface area contributed by atoms with Gasteiger partial charge >= 0.3 is 26.2 Å². The molecule has 9 heteroatoms. The molecule has 0 bridgehead atoms. The van der Waals surface area contributed by atoms with Gasteiger partial charge in [0.1, 0.15) is 0 Å². The normalized spacial score (nSPS) is 42.0. The highest BCUT2D eigenvalue weighted by molar-refractivity contribution is 6.90. The minimum absolute atomic E-state index is 2.02. The highest BCUT2D eigenvalue weighted by Crippen LogP contribution is 2.33. The van der Waals surface area contributed by atoms with Gasteiger partial charge in [-0.2, -0.15) is 0 Å². The summed E-state index contributed by atoms with van der Waals surface area (Å²) >= 11 is 0. The van der Waals surface area contributed by atoms with Gasteiger partial charge in [-0.05, 0) is 61.9 Å². The molecule has 0 saturated carbocycles. The largest absolute Gasteiger partial charge is 0.408 e. The van der Waals surface area contributed by atoms with Crippen molar-refractivity contribution in [3.8, 4) is 0 Å². The summed E-state index contributed by atoms with van der Waals surface area (Å²) < 4.78 is 25.3. The summed E-state index contributed by atoms with van der Waals surface area (Å²) in [6.45, 7) is 6.29. The van der Waals surface area contributed by atoms with Crippen molar-refractivity contribution in [2.75, 3.05) is 42.3 Å². The quantitative estimate of drug-likeness (QED) is 0.704. The molecule has 0 aromatic carbocycles. The lowest BCUT2D eigenvalue weighted by atomic mass is 11.3. The molecule has 1 rings (SSSR count). The Morgan fingerprint density at radius 2 is 0.667 bits per heavy atom. The van der Waals surface area contributed by atoms with Gasteiger partial charge in [0.2, 0.25) is 0 Å². The maximum absolute atomic E-state index is 6.32. The summed E-state index contributed by atoms with van der Waals surface area (Å²) in [6, 6.07) is 0. The van der Waals surface area contributed by atoms with Crippen molar-refractivity contribution >= 4 is 26.2 Å². The Morgan fingerprint density at radius 1 is 0.500 bits per heavy atom. The van der Waals surface area contributed by atoms with E-state index in [2.05, 4.69) is 33.3 Å². The van der Waals surface area contributed by atoms with E-state index in [1.54, 1.807) is 0 Å². The third kappa shape index (κ3) is 2.94. The zero-order chi connectivity index (χ0) is 14.4. The third-order valence-electron chi connectivity index (χ3n) is 3.57. The molecule has 0 unspecified atom stereocenters. The van der Waals surface area contributed by atoms with Crippen molar-refractivity contribution in [2.45, 2.75) is 19.6 Å². The van der Waals surface area contributed by atoms with Crippen LogP contribution in [-0.2, 0) is 12.3 Å². The summed E-state index contributed by atoms with van der Waals surface area (Å²) in [7, 11) is 5.04. The van der Waals surface area contributed by atoms with Crippen LogP contribution in [0, 0.1) is 0 Å². The molecule has 0 spiro atoms. The molecule has 1 heterocycles. The first-order valence-electron chi connectivity index (χ1n) is 6.08. The first-order valence-corrected chi connectivity index (χ1v) is 12.9. The van der Waals surface area contributed by atoms with Crippen molar-refractivity contribution in [1.82, 2.24) is 13.7 Å². The fourth-order valence-electron chi connectivity index (χ4n) is 1.66. The van der Waals surface area contributed by atoms with Gasteiger partial charge in [0.15, 0.2) is 0 Å². The third-order valence-corrected chi connectivity index (χ3v) is 17.5. The van der Waals surface area contributed by atoms with Gasteiger partial charge in [0.25, 0.3) is 0 Å². The van der Waals surface area contributed by atoms with E-state index in [1.807, 2.05) is 42.3 Å². The summed E-state index contributed by atoms with van der Waals surface area (Å²) in [4.78, 5) is 0. The van der Waals surface area contributed by atoms with Crippen LogP contribution in [0.15, 0.2) is 0 Å². The van der Waals surface area contributed by atoms with Crippen molar-refractivity contribution in [3.63, 3.8) is 0 Å². The molecule has 0 aromatic heterocycles. The Morgan fingerprint density at radius 3 is 0.778 bits per heavy atom. The zero-order valence-electron chi connectivity index (χ0n) is 13.1. The van der Waals surface area contributed by atoms with E-state index < -0.39 is 26.2 Å². The summed E-state index contributed by atoms with van der Waals surface area (Å²) in [6.07, 6.45) is 0. The molecule has 0 radical (unpaired) electrons. The monoisotopic (exact) mass is 309 g/mol. The predicted molar refractivity (Wildman–Crippen MR) is 79.2 cm³/mol. The van der Waals surface area contributed by atoms with Crippen LogP contribution in [-0.4, -0.2) is 82.1 Å². The second-order valence-electron chi connectivity index (χ2n) is 5.68. The lowest BCUT2D eigenvalue weighted by Crippen LogP contribution is -2.78. The number of hydrogen-bond acceptors (Lipinski definition) is 6. The minimum atomic E-state index is -2.36. The molecule has 0 amide bonds. The van der Waals surface area contributed by atoms with E-state index in [1.165, 1.54) is 0 Å². The zero-order valence-corrected chi connectivity index (χ0v) is 16.1. The summed E-state index contributed by atoms with van der Waals surface area (Å²) in [5.74, 6) is 0. The van der Waals surface area contributed by atoms with Gasteiger partial charge in [0.05, 0.1) is 0 Å². The lowest BCUT2D eigenvalue weighted by molar-refractivity contribution is 0.131. The van der Waals surface area contributed by atoms with Crippen LogP contribution in [0.2, 0.25) is 19.6 Å². The van der Waals surface area contributed by atoms with Gasteiger partial charge in [-0.25, -0.2) is 0 Å². The molecule has 0 aliphatic carbocycles. The molecule has 108 valence electrons. The van der Waals surface area contributed by atoms with Crippen LogP contribution < -0.4 is 0 Å². The average molecular weight is 310 g/mol. The van der Waals surface area contributed by atoms with E-state index in [-0.39, 0.29) is 0 Å². The molecule has 0 N–H and O–H groups in total. The van der Waals surface area contributed by atoms with Crippen molar-refractivity contribution < 1.29 is 12.3 Å². The molecule has 1 fully saturated rings. The lowest BCUT2D eigenvalue weighted by Gasteiger charge is -2.54. The molecule has 0 aromatic rings. The van der Waals surface area contributed by atoms with Crippen molar-refractivity contribution in [1.29, 1.82) is 0 Å². The molecular formula is C9H27N3O3Si3. The maximum atomic E-state index is 6.32. The second kappa shape index (κ2) is 5.07. The highest BCUT2D eigenvalue weighted by Gasteiger charge is 2.61. The van der Waals surface area contributed by atoms with E-state index in [9.17, 15) is 0 Å². The number of nitrogens with zero attached hydrogens (tertiary/aromatic N) is 3. The van der Waals surface area contributed by atoms with Crippen LogP contribution in [0.1, 0.15) is 0 Å². The van der Waals surface area contributed by atoms with Crippen LogP contribution >= 0.6 is 0 Å². The standard InChI is InChI=1S/C9H27N3O3Si3/c1-10(2)16(7)13-17(8,11(3)4)15-18(9,14-16)12(5)6/h1-9H3. The summed E-state index contributed by atoms with van der Waals surface area (Å²) in [5, 5.41) is 0. The Balaban J connectivity index is 3.16. The molecule has 18 heavy (non-hydrogen) atoms. The Hall–Kier alpha value is 0.411. The first kappa shape index (κ1) is 16.5. The number of hydrogen-bond donors (Lipinski definition) is 0. The molecule has 1 saturated heterocycles. The van der Waals surface area contributed by atoms with Crippen molar-refractivity contribution in [3.05, 3.63) is 0 Å². The van der Waals surface area contributed by atoms with Crippen LogP contribution in [0.3, 0.4) is 0 Å². The van der Waals surface area contributed by atoms with Crippen molar-refractivity contribution in [2.24, 2.45) is 0 Å².